The average molecular weight is 447 g/mol. The largest absolute Gasteiger partial charge is 0.467 e. The third-order valence-corrected chi connectivity index (χ3v) is 6.08. The molecule has 2 heterocycles. The van der Waals surface area contributed by atoms with Crippen molar-refractivity contribution in [1.29, 1.82) is 0 Å². The highest BCUT2D eigenvalue weighted by Gasteiger charge is 2.16. The first kappa shape index (κ1) is 21.9. The summed E-state index contributed by atoms with van der Waals surface area (Å²) in [7, 11) is 0. The molecular weight excluding hydrogens is 420 g/mol. The Balaban J connectivity index is 1.48. The smallest absolute Gasteiger partial charge is 0.230 e. The van der Waals surface area contributed by atoms with Crippen LogP contribution in [0.5, 0.6) is 0 Å². The maximum atomic E-state index is 12.3. The molecule has 0 aliphatic rings. The van der Waals surface area contributed by atoms with Crippen LogP contribution in [0.15, 0.2) is 82.6 Å². The monoisotopic (exact) mass is 446 g/mol. The van der Waals surface area contributed by atoms with E-state index in [9.17, 15) is 4.79 Å². The first-order valence-corrected chi connectivity index (χ1v) is 11.7. The third kappa shape index (κ3) is 5.68. The van der Waals surface area contributed by atoms with Gasteiger partial charge in [-0.2, -0.15) is 0 Å². The summed E-state index contributed by atoms with van der Waals surface area (Å²) >= 11 is 1.39. The number of furan rings is 1. The number of carbonyl (C=O) groups is 1. The fraction of sp³-hybridized carbons (Fsp3) is 0.240. The Morgan fingerprint density at radius 3 is 2.50 bits per heavy atom. The molecule has 4 rings (SSSR count). The van der Waals surface area contributed by atoms with Crippen molar-refractivity contribution in [3.8, 4) is 5.69 Å². The molecule has 4 aromatic rings. The fourth-order valence-corrected chi connectivity index (χ4v) is 4.18. The zero-order valence-corrected chi connectivity index (χ0v) is 18.8. The summed E-state index contributed by atoms with van der Waals surface area (Å²) in [6.45, 7) is 2.52. The van der Waals surface area contributed by atoms with Crippen LogP contribution in [0, 0.1) is 0 Å². The van der Waals surface area contributed by atoms with Gasteiger partial charge >= 0.3 is 0 Å². The van der Waals surface area contributed by atoms with E-state index >= 15 is 0 Å². The molecular formula is C25H26N4O2S. The molecule has 1 amide bonds. The molecule has 1 N–H and O–H groups in total. The predicted molar refractivity (Wildman–Crippen MR) is 126 cm³/mol. The quantitative estimate of drug-likeness (QED) is 0.360. The van der Waals surface area contributed by atoms with Crippen LogP contribution in [0.3, 0.4) is 0 Å². The van der Waals surface area contributed by atoms with Gasteiger partial charge in [0.25, 0.3) is 0 Å². The van der Waals surface area contributed by atoms with Crippen LogP contribution in [0.4, 0.5) is 0 Å². The summed E-state index contributed by atoms with van der Waals surface area (Å²) in [6, 6.07) is 22.4. The van der Waals surface area contributed by atoms with E-state index in [0.29, 0.717) is 11.7 Å². The summed E-state index contributed by atoms with van der Waals surface area (Å²) in [5, 5.41) is 12.5. The molecule has 0 spiro atoms. The van der Waals surface area contributed by atoms with Gasteiger partial charge in [-0.15, -0.1) is 10.2 Å². The molecule has 0 saturated heterocycles. The van der Waals surface area contributed by atoms with Crippen molar-refractivity contribution in [1.82, 2.24) is 20.1 Å². The lowest BCUT2D eigenvalue weighted by molar-refractivity contribution is -0.118. The van der Waals surface area contributed by atoms with E-state index in [0.717, 1.165) is 36.5 Å². The maximum absolute atomic E-state index is 12.3. The molecule has 0 aliphatic carbocycles. The molecule has 6 nitrogen and oxygen atoms in total. The number of hydrogen-bond acceptors (Lipinski definition) is 5. The number of nitrogens with zero attached hydrogens (tertiary/aromatic N) is 3. The molecule has 0 bridgehead atoms. The fourth-order valence-electron chi connectivity index (χ4n) is 3.38. The van der Waals surface area contributed by atoms with Crippen LogP contribution in [-0.4, -0.2) is 26.4 Å². The number of nitrogens with one attached hydrogen (secondary N) is 1. The van der Waals surface area contributed by atoms with E-state index in [4.69, 9.17) is 4.42 Å². The van der Waals surface area contributed by atoms with E-state index in [-0.39, 0.29) is 11.7 Å². The Morgan fingerprint density at radius 1 is 0.969 bits per heavy atom. The second-order valence-electron chi connectivity index (χ2n) is 7.38. The first-order chi connectivity index (χ1) is 15.7. The highest BCUT2D eigenvalue weighted by Crippen LogP contribution is 2.23. The summed E-state index contributed by atoms with van der Waals surface area (Å²) in [4.78, 5) is 12.3. The Bertz CT molecular complexity index is 1120. The van der Waals surface area contributed by atoms with Gasteiger partial charge in [0.15, 0.2) is 5.16 Å². The summed E-state index contributed by atoms with van der Waals surface area (Å²) < 4.78 is 7.32. The first-order valence-electron chi connectivity index (χ1n) is 10.7. The molecule has 2 aromatic carbocycles. The minimum atomic E-state index is -0.0758. The minimum absolute atomic E-state index is 0.0758. The van der Waals surface area contributed by atoms with Gasteiger partial charge in [0, 0.05) is 12.1 Å². The number of aryl methyl sites for hydroxylation is 3. The third-order valence-electron chi connectivity index (χ3n) is 5.16. The minimum Gasteiger partial charge on any atom is -0.467 e. The van der Waals surface area contributed by atoms with E-state index in [2.05, 4.69) is 63.4 Å². The van der Waals surface area contributed by atoms with Crippen molar-refractivity contribution in [3.63, 3.8) is 0 Å². The van der Waals surface area contributed by atoms with Gasteiger partial charge in [0.05, 0.1) is 18.6 Å². The van der Waals surface area contributed by atoms with Crippen molar-refractivity contribution in [2.75, 3.05) is 5.75 Å². The van der Waals surface area contributed by atoms with Crippen LogP contribution < -0.4 is 5.32 Å². The maximum Gasteiger partial charge on any atom is 0.230 e. The molecule has 32 heavy (non-hydrogen) atoms. The van der Waals surface area contributed by atoms with E-state index in [1.54, 1.807) is 12.3 Å². The van der Waals surface area contributed by atoms with Crippen LogP contribution in [-0.2, 0) is 30.6 Å². The molecule has 7 heteroatoms. The topological polar surface area (TPSA) is 73.0 Å². The van der Waals surface area contributed by atoms with E-state index in [1.165, 1.54) is 22.9 Å². The highest BCUT2D eigenvalue weighted by molar-refractivity contribution is 7.99. The lowest BCUT2D eigenvalue weighted by Crippen LogP contribution is -2.24. The Hall–Kier alpha value is -3.32. The van der Waals surface area contributed by atoms with Gasteiger partial charge in [-0.05, 0) is 48.2 Å². The molecule has 0 saturated carbocycles. The lowest BCUT2D eigenvalue weighted by Gasteiger charge is -2.11. The zero-order valence-electron chi connectivity index (χ0n) is 18.0. The molecule has 0 fully saturated rings. The summed E-state index contributed by atoms with van der Waals surface area (Å²) in [5.41, 5.74) is 3.54. The number of aromatic nitrogens is 3. The molecule has 0 aliphatic heterocycles. The summed E-state index contributed by atoms with van der Waals surface area (Å²) in [6.07, 6.45) is 4.22. The number of rotatable bonds is 10. The SMILES string of the molecule is CCc1ccc(-n2c(CCc3ccccc3)nnc2SCC(=O)NCc2ccco2)cc1. The molecule has 164 valence electrons. The van der Waals surface area contributed by atoms with Crippen molar-refractivity contribution >= 4 is 17.7 Å². The van der Waals surface area contributed by atoms with Crippen molar-refractivity contribution < 1.29 is 9.21 Å². The summed E-state index contributed by atoms with van der Waals surface area (Å²) in [5.74, 6) is 1.79. The standard InChI is InChI=1S/C25H26N4O2S/c1-2-19-10-13-21(14-11-19)29-23(15-12-20-7-4-3-5-8-20)27-28-25(29)32-18-24(30)26-17-22-9-6-16-31-22/h3-11,13-14,16H,2,12,15,17-18H2,1H3,(H,26,30). The Morgan fingerprint density at radius 2 is 1.78 bits per heavy atom. The van der Waals surface area contributed by atoms with Gasteiger partial charge in [-0.3, -0.25) is 9.36 Å². The number of amides is 1. The number of carbonyl (C=O) groups excluding carboxylic acids is 1. The lowest BCUT2D eigenvalue weighted by atomic mass is 10.1. The molecule has 2 aromatic heterocycles. The normalized spacial score (nSPS) is 10.9. The number of hydrogen-bond donors (Lipinski definition) is 1. The Labute approximate surface area is 192 Å². The second kappa shape index (κ2) is 10.8. The van der Waals surface area contributed by atoms with Crippen LogP contribution in [0.25, 0.3) is 5.69 Å². The number of benzene rings is 2. The molecule has 0 radical (unpaired) electrons. The van der Waals surface area contributed by atoms with Crippen molar-refractivity contribution in [2.45, 2.75) is 37.9 Å². The van der Waals surface area contributed by atoms with E-state index < -0.39 is 0 Å². The zero-order chi connectivity index (χ0) is 22.2. The highest BCUT2D eigenvalue weighted by atomic mass is 32.2. The van der Waals surface area contributed by atoms with Gasteiger partial charge < -0.3 is 9.73 Å². The molecule has 0 atom stereocenters. The van der Waals surface area contributed by atoms with Crippen molar-refractivity contribution in [2.24, 2.45) is 0 Å². The average Bonchev–Trinajstić information content (AvgIpc) is 3.51. The van der Waals surface area contributed by atoms with Gasteiger partial charge in [0.2, 0.25) is 5.91 Å². The van der Waals surface area contributed by atoms with Crippen LogP contribution >= 0.6 is 11.8 Å². The predicted octanol–water partition coefficient (Wildman–Crippen LogP) is 4.62. The van der Waals surface area contributed by atoms with Gasteiger partial charge in [-0.25, -0.2) is 0 Å². The Kier molecular flexibility index (Phi) is 7.40. The van der Waals surface area contributed by atoms with Crippen LogP contribution in [0.1, 0.15) is 29.6 Å². The van der Waals surface area contributed by atoms with Crippen LogP contribution in [0.2, 0.25) is 0 Å². The van der Waals surface area contributed by atoms with Crippen molar-refractivity contribution in [3.05, 3.63) is 95.7 Å². The number of thioether (sulfide) groups is 1. The van der Waals surface area contributed by atoms with E-state index in [1.807, 2.05) is 24.3 Å². The van der Waals surface area contributed by atoms with Gasteiger partial charge in [0.1, 0.15) is 11.6 Å². The second-order valence-corrected chi connectivity index (χ2v) is 8.33. The molecule has 0 unspecified atom stereocenters. The van der Waals surface area contributed by atoms with Gasteiger partial charge in [-0.1, -0.05) is 61.2 Å².